The Balaban J connectivity index is 1.51. The van der Waals surface area contributed by atoms with E-state index < -0.39 is 0 Å². The first kappa shape index (κ1) is 18.0. The maximum atomic E-state index is 12.1. The van der Waals surface area contributed by atoms with Gasteiger partial charge in [0.15, 0.2) is 0 Å². The van der Waals surface area contributed by atoms with E-state index >= 15 is 0 Å². The minimum Gasteiger partial charge on any atom is -0.349 e. The van der Waals surface area contributed by atoms with Gasteiger partial charge in [-0.15, -0.1) is 0 Å². The summed E-state index contributed by atoms with van der Waals surface area (Å²) in [4.78, 5) is 22.6. The van der Waals surface area contributed by atoms with Crippen LogP contribution in [-0.4, -0.2) is 33.8 Å². The number of carbonyl (C=O) groups is 1. The zero-order valence-corrected chi connectivity index (χ0v) is 15.7. The maximum absolute atomic E-state index is 12.1. The van der Waals surface area contributed by atoms with E-state index in [9.17, 15) is 4.79 Å². The third-order valence-corrected chi connectivity index (χ3v) is 4.71. The number of carbonyl (C=O) groups excluding carboxylic acids is 1. The first-order chi connectivity index (χ1) is 12.6. The minimum atomic E-state index is -0.0755. The highest BCUT2D eigenvalue weighted by Crippen LogP contribution is 2.17. The molecule has 0 aliphatic rings. The van der Waals surface area contributed by atoms with Gasteiger partial charge in [-0.3, -0.25) is 9.78 Å². The maximum Gasteiger partial charge on any atom is 0.239 e. The van der Waals surface area contributed by atoms with Gasteiger partial charge < -0.3 is 10.2 Å². The summed E-state index contributed by atoms with van der Waals surface area (Å²) in [5.74, 6) is 0.697. The summed E-state index contributed by atoms with van der Waals surface area (Å²) >= 11 is 1.31. The molecule has 26 heavy (non-hydrogen) atoms. The summed E-state index contributed by atoms with van der Waals surface area (Å²) in [5.41, 5.74) is 3.24. The second-order valence-corrected chi connectivity index (χ2v) is 6.84. The number of likely N-dealkylation sites (N-methyl/N-ethyl adjacent to an activating group) is 1. The summed E-state index contributed by atoms with van der Waals surface area (Å²) in [5, 5.41) is 3.60. The van der Waals surface area contributed by atoms with Crippen LogP contribution in [0.4, 0.5) is 5.13 Å². The Hall–Kier alpha value is -2.80. The monoisotopic (exact) mass is 367 g/mol. The van der Waals surface area contributed by atoms with Crippen molar-refractivity contribution < 1.29 is 4.79 Å². The van der Waals surface area contributed by atoms with Gasteiger partial charge in [0.25, 0.3) is 0 Å². The molecule has 0 fully saturated rings. The molecule has 0 bridgehead atoms. The number of rotatable bonds is 7. The fraction of sp³-hybridized carbons (Fsp3) is 0.263. The first-order valence-corrected chi connectivity index (χ1v) is 9.13. The van der Waals surface area contributed by atoms with Crippen LogP contribution in [0.15, 0.2) is 48.7 Å². The summed E-state index contributed by atoms with van der Waals surface area (Å²) in [6, 6.07) is 14.0. The Kier molecular flexibility index (Phi) is 5.91. The predicted octanol–water partition coefficient (Wildman–Crippen LogP) is 2.58. The number of hydrogen-bond acceptors (Lipinski definition) is 6. The second-order valence-electron chi connectivity index (χ2n) is 6.11. The molecule has 134 valence electrons. The van der Waals surface area contributed by atoms with E-state index in [0.29, 0.717) is 13.0 Å². The Morgan fingerprint density at radius 2 is 2.00 bits per heavy atom. The van der Waals surface area contributed by atoms with Gasteiger partial charge in [0, 0.05) is 31.2 Å². The molecule has 0 atom stereocenters. The van der Waals surface area contributed by atoms with Crippen molar-refractivity contribution in [2.45, 2.75) is 19.9 Å². The average molecular weight is 367 g/mol. The van der Waals surface area contributed by atoms with E-state index in [0.717, 1.165) is 16.6 Å². The van der Waals surface area contributed by atoms with Crippen LogP contribution in [0.5, 0.6) is 0 Å². The van der Waals surface area contributed by atoms with Crippen molar-refractivity contribution in [1.29, 1.82) is 0 Å². The summed E-state index contributed by atoms with van der Waals surface area (Å²) in [7, 11) is 1.84. The molecule has 1 N–H and O–H groups in total. The molecule has 0 aliphatic carbocycles. The average Bonchev–Trinajstić information content (AvgIpc) is 3.11. The molecule has 6 nitrogen and oxygen atoms in total. The zero-order chi connectivity index (χ0) is 18.4. The third-order valence-electron chi connectivity index (χ3n) is 3.84. The molecular formula is C19H21N5OS. The molecule has 0 aliphatic heterocycles. The topological polar surface area (TPSA) is 71.0 Å². The van der Waals surface area contributed by atoms with Gasteiger partial charge in [0.05, 0.1) is 18.8 Å². The van der Waals surface area contributed by atoms with Crippen LogP contribution in [0.2, 0.25) is 0 Å². The summed E-state index contributed by atoms with van der Waals surface area (Å²) in [6.07, 6.45) is 2.40. The Morgan fingerprint density at radius 1 is 1.19 bits per heavy atom. The van der Waals surface area contributed by atoms with Crippen molar-refractivity contribution in [2.75, 3.05) is 18.5 Å². The fourth-order valence-electron chi connectivity index (χ4n) is 2.39. The molecule has 1 aromatic carbocycles. The van der Waals surface area contributed by atoms with Gasteiger partial charge >= 0.3 is 0 Å². The lowest BCUT2D eigenvalue weighted by molar-refractivity contribution is -0.119. The highest BCUT2D eigenvalue weighted by Gasteiger charge is 2.12. The Bertz CT molecular complexity index is 848. The van der Waals surface area contributed by atoms with Crippen molar-refractivity contribution in [3.63, 3.8) is 0 Å². The van der Waals surface area contributed by atoms with Crippen molar-refractivity contribution in [3.8, 4) is 0 Å². The molecule has 7 heteroatoms. The normalized spacial score (nSPS) is 10.5. The number of aromatic nitrogens is 3. The summed E-state index contributed by atoms with van der Waals surface area (Å²) in [6.45, 7) is 2.71. The molecule has 0 radical (unpaired) electrons. The van der Waals surface area contributed by atoms with Crippen molar-refractivity contribution in [3.05, 3.63) is 71.3 Å². The van der Waals surface area contributed by atoms with Crippen LogP contribution in [0.1, 0.15) is 22.6 Å². The van der Waals surface area contributed by atoms with Crippen LogP contribution in [-0.2, 0) is 17.8 Å². The Labute approximate surface area is 157 Å². The number of pyridine rings is 1. The first-order valence-electron chi connectivity index (χ1n) is 8.36. The molecule has 2 heterocycles. The van der Waals surface area contributed by atoms with Gasteiger partial charge in [-0.1, -0.05) is 35.9 Å². The lowest BCUT2D eigenvalue weighted by Crippen LogP contribution is -2.34. The van der Waals surface area contributed by atoms with E-state index in [-0.39, 0.29) is 12.5 Å². The molecule has 3 aromatic rings. The summed E-state index contributed by atoms with van der Waals surface area (Å²) < 4.78 is 4.40. The molecule has 0 spiro atoms. The highest BCUT2D eigenvalue weighted by molar-refractivity contribution is 7.09. The van der Waals surface area contributed by atoms with Crippen molar-refractivity contribution >= 4 is 22.6 Å². The van der Waals surface area contributed by atoms with E-state index in [1.807, 2.05) is 30.1 Å². The van der Waals surface area contributed by atoms with E-state index in [1.54, 1.807) is 6.20 Å². The van der Waals surface area contributed by atoms with Gasteiger partial charge in [-0.05, 0) is 24.6 Å². The molecule has 2 aromatic heterocycles. The Morgan fingerprint density at radius 3 is 2.73 bits per heavy atom. The number of hydrogen-bond donors (Lipinski definition) is 1. The number of nitrogens with one attached hydrogen (secondary N) is 1. The zero-order valence-electron chi connectivity index (χ0n) is 14.8. The molecule has 0 saturated heterocycles. The van der Waals surface area contributed by atoms with Crippen LogP contribution in [0, 0.1) is 6.92 Å². The van der Waals surface area contributed by atoms with E-state index in [2.05, 4.69) is 50.8 Å². The quantitative estimate of drug-likeness (QED) is 0.695. The smallest absolute Gasteiger partial charge is 0.239 e. The minimum absolute atomic E-state index is 0.0755. The van der Waals surface area contributed by atoms with Crippen molar-refractivity contribution in [1.82, 2.24) is 19.7 Å². The SMILES string of the molecule is Cc1ccc(Cc2nsc(N(C)CC(=O)NCc3ccccn3)n2)cc1. The van der Waals surface area contributed by atoms with Gasteiger partial charge in [-0.2, -0.15) is 4.37 Å². The standard InChI is InChI=1S/C19H21N5OS/c1-14-6-8-15(9-7-14)11-17-22-19(26-23-17)24(2)13-18(25)21-12-16-5-3-4-10-20-16/h3-10H,11-13H2,1-2H3,(H,21,25). The van der Waals surface area contributed by atoms with Crippen LogP contribution in [0.25, 0.3) is 0 Å². The van der Waals surface area contributed by atoms with E-state index in [4.69, 9.17) is 0 Å². The lowest BCUT2D eigenvalue weighted by atomic mass is 10.1. The number of nitrogens with zero attached hydrogens (tertiary/aromatic N) is 4. The molecule has 0 saturated carbocycles. The number of anilines is 1. The number of aryl methyl sites for hydroxylation is 1. The third kappa shape index (κ3) is 5.10. The van der Waals surface area contributed by atoms with Gasteiger partial charge in [0.1, 0.15) is 5.82 Å². The van der Waals surface area contributed by atoms with Crippen LogP contribution < -0.4 is 10.2 Å². The number of benzene rings is 1. The van der Waals surface area contributed by atoms with Crippen LogP contribution in [0.3, 0.4) is 0 Å². The second kappa shape index (κ2) is 8.53. The van der Waals surface area contributed by atoms with Gasteiger partial charge in [-0.25, -0.2) is 4.98 Å². The fourth-order valence-corrected chi connectivity index (χ4v) is 3.03. The van der Waals surface area contributed by atoms with Crippen molar-refractivity contribution in [2.24, 2.45) is 0 Å². The molecule has 3 rings (SSSR count). The molecule has 1 amide bonds. The highest BCUT2D eigenvalue weighted by atomic mass is 32.1. The molecule has 0 unspecified atom stereocenters. The predicted molar refractivity (Wildman–Crippen MR) is 103 cm³/mol. The molecular weight excluding hydrogens is 346 g/mol. The van der Waals surface area contributed by atoms with Gasteiger partial charge in [0.2, 0.25) is 11.0 Å². The van der Waals surface area contributed by atoms with Crippen LogP contribution >= 0.6 is 11.5 Å². The number of amides is 1. The largest absolute Gasteiger partial charge is 0.349 e. The lowest BCUT2D eigenvalue weighted by Gasteiger charge is -2.14. The van der Waals surface area contributed by atoms with E-state index in [1.165, 1.54) is 22.7 Å².